The average molecular weight is 876 g/mol. The lowest BCUT2D eigenvalue weighted by Crippen LogP contribution is -2.64. The molecule has 0 aromatic carbocycles. The second-order valence-electron chi connectivity index (χ2n) is 16.8. The SMILES string of the molecule is CCCCCCCC/C=C/CC/C=C/CC/C=C/C(O)C(COP(=O)(O)OC1C(O)C(O)C(O)C(O)C1O)NC(=O)CC(O)CCCCCCCCCCCCCCCC. The largest absolute Gasteiger partial charge is 0.472 e. The van der Waals surface area contributed by atoms with Gasteiger partial charge in [0, 0.05) is 0 Å². The van der Waals surface area contributed by atoms with E-state index >= 15 is 0 Å². The number of phosphoric ester groups is 1. The Morgan fingerprint density at radius 2 is 0.983 bits per heavy atom. The summed E-state index contributed by atoms with van der Waals surface area (Å²) < 4.78 is 22.8. The van der Waals surface area contributed by atoms with Crippen molar-refractivity contribution in [3.63, 3.8) is 0 Å². The zero-order valence-corrected chi connectivity index (χ0v) is 38.0. The molecule has 0 aromatic rings. The molecule has 8 atom stereocenters. The summed E-state index contributed by atoms with van der Waals surface area (Å²) in [5, 5.41) is 74.4. The first-order valence-corrected chi connectivity index (χ1v) is 25.0. The van der Waals surface area contributed by atoms with Crippen LogP contribution in [0.3, 0.4) is 0 Å². The lowest BCUT2D eigenvalue weighted by molar-refractivity contribution is -0.220. The number of amides is 1. The molecule has 0 radical (unpaired) electrons. The number of aliphatic hydroxyl groups is 7. The number of allylic oxidation sites excluding steroid dienone is 5. The summed E-state index contributed by atoms with van der Waals surface area (Å²) >= 11 is 0. The maximum Gasteiger partial charge on any atom is 0.472 e. The molecule has 13 nitrogen and oxygen atoms in total. The van der Waals surface area contributed by atoms with E-state index in [1.807, 2.05) is 0 Å². The summed E-state index contributed by atoms with van der Waals surface area (Å²) in [4.78, 5) is 23.4. The monoisotopic (exact) mass is 876 g/mol. The minimum Gasteiger partial charge on any atom is -0.393 e. The second kappa shape index (κ2) is 35.9. The topological polar surface area (TPSA) is 226 Å². The van der Waals surface area contributed by atoms with Crippen molar-refractivity contribution in [3.8, 4) is 0 Å². The Hall–Kier alpha value is -1.48. The molecule has 60 heavy (non-hydrogen) atoms. The molecule has 1 saturated carbocycles. The van der Waals surface area contributed by atoms with Gasteiger partial charge in [0.25, 0.3) is 0 Å². The zero-order chi connectivity index (χ0) is 44.4. The van der Waals surface area contributed by atoms with Crippen LogP contribution in [0.5, 0.6) is 0 Å². The normalized spacial score (nSPS) is 23.7. The van der Waals surface area contributed by atoms with Crippen molar-refractivity contribution in [2.45, 2.75) is 242 Å². The van der Waals surface area contributed by atoms with E-state index in [4.69, 9.17) is 9.05 Å². The number of carbonyl (C=O) groups is 1. The summed E-state index contributed by atoms with van der Waals surface area (Å²) in [7, 11) is -5.15. The Bertz CT molecular complexity index is 1170. The first kappa shape index (κ1) is 56.5. The highest BCUT2D eigenvalue weighted by Gasteiger charge is 2.51. The summed E-state index contributed by atoms with van der Waals surface area (Å²) in [5.74, 6) is -0.607. The molecule has 352 valence electrons. The van der Waals surface area contributed by atoms with Crippen LogP contribution in [-0.2, 0) is 18.4 Å². The van der Waals surface area contributed by atoms with Crippen LogP contribution in [0.2, 0.25) is 0 Å². The Morgan fingerprint density at radius 3 is 1.47 bits per heavy atom. The Kier molecular flexibility index (Phi) is 33.8. The highest BCUT2D eigenvalue weighted by Crippen LogP contribution is 2.47. The number of hydrogen-bond acceptors (Lipinski definition) is 11. The third kappa shape index (κ3) is 27.6. The van der Waals surface area contributed by atoms with Gasteiger partial charge in [-0.25, -0.2) is 4.57 Å². The molecule has 1 fully saturated rings. The standard InChI is InChI=1S/C46H86NO12P/c1-3-5-7-9-11-13-15-17-19-20-22-24-26-28-30-32-34-39(49)38(36-58-60(56,57)59-46-44(54)42(52)41(51)43(53)45(46)55)47-40(50)35-37(48)33-31-29-27-25-23-21-18-16-14-12-10-8-6-4-2/h17,19,24,26,32,34,37-39,41-46,48-49,51-55H,3-16,18,20-23,25,27-31,33,35-36H2,1-2H3,(H,47,50)(H,56,57)/b19-17+,26-24+,34-32+. The van der Waals surface area contributed by atoms with Crippen LogP contribution in [-0.4, -0.2) is 108 Å². The number of carbonyl (C=O) groups excluding carboxylic acids is 1. The van der Waals surface area contributed by atoms with E-state index in [0.717, 1.165) is 44.9 Å². The lowest BCUT2D eigenvalue weighted by Gasteiger charge is -2.41. The van der Waals surface area contributed by atoms with E-state index in [9.17, 15) is 50.0 Å². The van der Waals surface area contributed by atoms with E-state index in [2.05, 4.69) is 43.5 Å². The van der Waals surface area contributed by atoms with Crippen LogP contribution in [0.1, 0.15) is 187 Å². The molecule has 1 aliphatic carbocycles. The molecular weight excluding hydrogens is 789 g/mol. The van der Waals surface area contributed by atoms with Gasteiger partial charge in [0.15, 0.2) is 0 Å². The fourth-order valence-electron chi connectivity index (χ4n) is 7.33. The van der Waals surface area contributed by atoms with Crippen molar-refractivity contribution in [1.29, 1.82) is 0 Å². The summed E-state index contributed by atoms with van der Waals surface area (Å²) in [6.45, 7) is 3.71. The molecule has 1 aliphatic rings. The van der Waals surface area contributed by atoms with Gasteiger partial charge in [-0.2, -0.15) is 0 Å². The van der Waals surface area contributed by atoms with Crippen LogP contribution < -0.4 is 5.32 Å². The van der Waals surface area contributed by atoms with Crippen molar-refractivity contribution >= 4 is 13.7 Å². The van der Waals surface area contributed by atoms with Gasteiger partial charge >= 0.3 is 7.82 Å². The highest BCUT2D eigenvalue weighted by atomic mass is 31.2. The number of rotatable bonds is 38. The quantitative estimate of drug-likeness (QED) is 0.0165. The first-order valence-electron chi connectivity index (χ1n) is 23.5. The van der Waals surface area contributed by atoms with Crippen LogP contribution >= 0.6 is 7.82 Å². The Morgan fingerprint density at radius 1 is 0.583 bits per heavy atom. The summed E-state index contributed by atoms with van der Waals surface area (Å²) in [6.07, 6.45) is 26.6. The first-order chi connectivity index (χ1) is 28.8. The smallest absolute Gasteiger partial charge is 0.393 e. The molecule has 0 aliphatic heterocycles. The van der Waals surface area contributed by atoms with Gasteiger partial charge in [0.05, 0.1) is 31.3 Å². The van der Waals surface area contributed by atoms with E-state index in [1.54, 1.807) is 6.08 Å². The molecule has 0 heterocycles. The number of unbranched alkanes of at least 4 members (excludes halogenated alkanes) is 21. The number of phosphoric acid groups is 1. The number of nitrogens with one attached hydrogen (secondary N) is 1. The summed E-state index contributed by atoms with van der Waals surface area (Å²) in [5.41, 5.74) is 0. The minimum atomic E-state index is -5.15. The number of aliphatic hydroxyl groups excluding tert-OH is 7. The third-order valence-electron chi connectivity index (χ3n) is 11.2. The summed E-state index contributed by atoms with van der Waals surface area (Å²) in [6, 6.07) is -1.26. The van der Waals surface area contributed by atoms with Crippen LogP contribution in [0.4, 0.5) is 0 Å². The fraction of sp³-hybridized carbons (Fsp3) is 0.848. The molecule has 9 N–H and O–H groups in total. The molecule has 0 saturated heterocycles. The van der Waals surface area contributed by atoms with E-state index < -0.39 is 75.2 Å². The lowest BCUT2D eigenvalue weighted by atomic mass is 9.85. The molecule has 1 rings (SSSR count). The predicted molar refractivity (Wildman–Crippen MR) is 238 cm³/mol. The van der Waals surface area contributed by atoms with E-state index in [0.29, 0.717) is 19.3 Å². The van der Waals surface area contributed by atoms with E-state index in [-0.39, 0.29) is 6.42 Å². The van der Waals surface area contributed by atoms with Crippen LogP contribution in [0.25, 0.3) is 0 Å². The maximum atomic E-state index is 13.0. The van der Waals surface area contributed by atoms with Crippen molar-refractivity contribution in [1.82, 2.24) is 5.32 Å². The van der Waals surface area contributed by atoms with Gasteiger partial charge in [0.1, 0.15) is 36.6 Å². The second-order valence-corrected chi connectivity index (χ2v) is 18.2. The van der Waals surface area contributed by atoms with Crippen molar-refractivity contribution in [2.75, 3.05) is 6.61 Å². The van der Waals surface area contributed by atoms with Gasteiger partial charge in [-0.15, -0.1) is 0 Å². The molecular formula is C46H86NO12P. The van der Waals surface area contributed by atoms with Gasteiger partial charge in [0.2, 0.25) is 5.91 Å². The van der Waals surface area contributed by atoms with Gasteiger partial charge in [-0.3, -0.25) is 13.8 Å². The zero-order valence-electron chi connectivity index (χ0n) is 37.1. The third-order valence-corrected chi connectivity index (χ3v) is 12.2. The van der Waals surface area contributed by atoms with Crippen molar-refractivity contribution in [3.05, 3.63) is 36.5 Å². The van der Waals surface area contributed by atoms with Gasteiger partial charge < -0.3 is 46.0 Å². The maximum absolute atomic E-state index is 13.0. The molecule has 8 unspecified atom stereocenters. The molecule has 0 spiro atoms. The average Bonchev–Trinajstić information content (AvgIpc) is 3.22. The minimum absolute atomic E-state index is 0.254. The molecule has 14 heteroatoms. The number of hydrogen-bond donors (Lipinski definition) is 9. The predicted octanol–water partition coefficient (Wildman–Crippen LogP) is 7.75. The van der Waals surface area contributed by atoms with Gasteiger partial charge in [-0.05, 0) is 44.9 Å². The molecule has 0 aromatic heterocycles. The highest BCUT2D eigenvalue weighted by molar-refractivity contribution is 7.47. The van der Waals surface area contributed by atoms with Gasteiger partial charge in [-0.1, -0.05) is 172 Å². The van der Waals surface area contributed by atoms with E-state index in [1.165, 1.54) is 109 Å². The van der Waals surface area contributed by atoms with Crippen LogP contribution in [0, 0.1) is 0 Å². The fourth-order valence-corrected chi connectivity index (χ4v) is 8.30. The van der Waals surface area contributed by atoms with Crippen molar-refractivity contribution < 1.29 is 59.0 Å². The van der Waals surface area contributed by atoms with Crippen LogP contribution in [0.15, 0.2) is 36.5 Å². The molecule has 1 amide bonds. The Labute approximate surface area is 362 Å². The van der Waals surface area contributed by atoms with Crippen molar-refractivity contribution in [2.24, 2.45) is 0 Å². The Balaban J connectivity index is 2.59. The molecule has 0 bridgehead atoms.